The first kappa shape index (κ1) is 42.2. The molecular formula is C32H60N4O9. The molecule has 0 aromatic heterocycles. The van der Waals surface area contributed by atoms with Gasteiger partial charge in [-0.3, -0.25) is 34.2 Å². The summed E-state index contributed by atoms with van der Waals surface area (Å²) in [5.74, 6) is -5.74. The number of hydrogen-bond acceptors (Lipinski definition) is 8. The Bertz CT molecular complexity index is 827. The van der Waals surface area contributed by atoms with Gasteiger partial charge in [-0.05, 0) is 12.8 Å². The topological polar surface area (TPSA) is 206 Å². The second kappa shape index (κ2) is 27.5. The molecule has 0 aliphatic heterocycles. The Labute approximate surface area is 268 Å². The summed E-state index contributed by atoms with van der Waals surface area (Å²) < 4.78 is 0. The molecule has 1 amide bonds. The quantitative estimate of drug-likeness (QED) is 0.0409. The zero-order chi connectivity index (χ0) is 33.9. The van der Waals surface area contributed by atoms with Crippen LogP contribution >= 0.6 is 0 Å². The molecule has 0 radical (unpaired) electrons. The SMILES string of the molecule is CCCCCCCCCCCCCCCCCCNC(=O)C(CC(=O)O)NC(C(CC)NCC(=O)O)N(CC(=O)O)CC(=O)O. The molecule has 262 valence electrons. The number of carboxylic acid groups (broad SMARTS) is 4. The zero-order valence-electron chi connectivity index (χ0n) is 27.6. The van der Waals surface area contributed by atoms with Crippen LogP contribution in [0.3, 0.4) is 0 Å². The molecule has 3 atom stereocenters. The Morgan fingerprint density at radius 2 is 1.04 bits per heavy atom. The summed E-state index contributed by atoms with van der Waals surface area (Å²) in [4.78, 5) is 59.8. The van der Waals surface area contributed by atoms with E-state index in [-0.39, 0.29) is 6.42 Å². The van der Waals surface area contributed by atoms with Gasteiger partial charge in [0.05, 0.1) is 38.3 Å². The van der Waals surface area contributed by atoms with E-state index in [2.05, 4.69) is 22.9 Å². The first-order valence-corrected chi connectivity index (χ1v) is 16.9. The van der Waals surface area contributed by atoms with Crippen molar-refractivity contribution >= 4 is 29.8 Å². The Morgan fingerprint density at radius 1 is 0.600 bits per heavy atom. The van der Waals surface area contributed by atoms with E-state index in [0.717, 1.165) is 30.6 Å². The molecule has 0 bridgehead atoms. The highest BCUT2D eigenvalue weighted by molar-refractivity contribution is 5.86. The van der Waals surface area contributed by atoms with E-state index >= 15 is 0 Å². The van der Waals surface area contributed by atoms with Crippen molar-refractivity contribution in [3.8, 4) is 0 Å². The van der Waals surface area contributed by atoms with Crippen LogP contribution in [0.2, 0.25) is 0 Å². The number of carboxylic acids is 4. The van der Waals surface area contributed by atoms with Crippen molar-refractivity contribution in [2.24, 2.45) is 0 Å². The third kappa shape index (κ3) is 24.2. The van der Waals surface area contributed by atoms with Gasteiger partial charge in [0, 0.05) is 12.6 Å². The molecule has 0 aliphatic carbocycles. The standard InChI is InChI=1S/C32H60N4O9/c1-3-5-6-7-8-9-10-11-12-13-14-15-16-17-18-19-20-33-32(45)26(21-27(37)38)35-31(25(4-2)34-22-28(39)40)36(23-29(41)42)24-30(43)44/h25-26,31,34-35H,3-24H2,1-2H3,(H,33,45)(H,37,38)(H,39,40)(H,41,42)(H,43,44). The van der Waals surface area contributed by atoms with Crippen molar-refractivity contribution in [2.45, 2.75) is 148 Å². The lowest BCUT2D eigenvalue weighted by atomic mass is 10.0. The minimum atomic E-state index is -1.33. The van der Waals surface area contributed by atoms with Gasteiger partial charge in [-0.15, -0.1) is 0 Å². The maximum Gasteiger partial charge on any atom is 0.317 e. The lowest BCUT2D eigenvalue weighted by molar-refractivity contribution is -0.145. The first-order chi connectivity index (χ1) is 21.5. The average molecular weight is 645 g/mol. The molecule has 0 aliphatic rings. The van der Waals surface area contributed by atoms with Crippen LogP contribution in [0.15, 0.2) is 0 Å². The number of aliphatic carboxylic acids is 4. The van der Waals surface area contributed by atoms with Gasteiger partial charge in [-0.1, -0.05) is 110 Å². The number of nitrogens with one attached hydrogen (secondary N) is 3. The molecule has 13 heteroatoms. The van der Waals surface area contributed by atoms with Crippen LogP contribution in [0.1, 0.15) is 129 Å². The fourth-order valence-corrected chi connectivity index (χ4v) is 5.39. The highest BCUT2D eigenvalue weighted by atomic mass is 16.4. The molecular weight excluding hydrogens is 584 g/mol. The van der Waals surface area contributed by atoms with Crippen molar-refractivity contribution in [1.82, 2.24) is 20.9 Å². The smallest absolute Gasteiger partial charge is 0.317 e. The van der Waals surface area contributed by atoms with Crippen LogP contribution < -0.4 is 16.0 Å². The summed E-state index contributed by atoms with van der Waals surface area (Å²) in [5.41, 5.74) is 0. The molecule has 0 rings (SSSR count). The number of rotatable bonds is 32. The van der Waals surface area contributed by atoms with E-state index in [1.54, 1.807) is 6.92 Å². The molecule has 0 saturated heterocycles. The van der Waals surface area contributed by atoms with Gasteiger partial charge in [-0.2, -0.15) is 0 Å². The molecule has 0 fully saturated rings. The molecule has 3 unspecified atom stereocenters. The summed E-state index contributed by atoms with van der Waals surface area (Å²) in [6, 6.07) is -2.11. The Balaban J connectivity index is 4.74. The predicted molar refractivity (Wildman–Crippen MR) is 172 cm³/mol. The van der Waals surface area contributed by atoms with Crippen molar-refractivity contribution in [1.29, 1.82) is 0 Å². The van der Waals surface area contributed by atoms with Crippen LogP contribution in [0.5, 0.6) is 0 Å². The summed E-state index contributed by atoms with van der Waals surface area (Å²) in [6.45, 7) is 2.30. The van der Waals surface area contributed by atoms with Crippen LogP contribution in [0, 0.1) is 0 Å². The monoisotopic (exact) mass is 644 g/mol. The number of hydrogen-bond donors (Lipinski definition) is 7. The molecule has 13 nitrogen and oxygen atoms in total. The fraction of sp³-hybridized carbons (Fsp3) is 0.844. The minimum Gasteiger partial charge on any atom is -0.481 e. The molecule has 0 aromatic rings. The van der Waals surface area contributed by atoms with Crippen LogP contribution in [0.25, 0.3) is 0 Å². The zero-order valence-corrected chi connectivity index (χ0v) is 27.6. The second-order valence-corrected chi connectivity index (χ2v) is 11.8. The fourth-order valence-electron chi connectivity index (χ4n) is 5.39. The Hall–Kier alpha value is -2.77. The average Bonchev–Trinajstić information content (AvgIpc) is 2.96. The first-order valence-electron chi connectivity index (χ1n) is 16.9. The Morgan fingerprint density at radius 3 is 1.42 bits per heavy atom. The van der Waals surface area contributed by atoms with E-state index in [4.69, 9.17) is 5.11 Å². The Kier molecular flexibility index (Phi) is 25.8. The number of nitrogens with zero attached hydrogens (tertiary/aromatic N) is 1. The number of carbonyl (C=O) groups excluding carboxylic acids is 1. The van der Waals surface area contributed by atoms with Crippen LogP contribution in [-0.4, -0.2) is 99.5 Å². The predicted octanol–water partition coefficient (Wildman–Crippen LogP) is 4.05. The van der Waals surface area contributed by atoms with Crippen molar-refractivity contribution < 1.29 is 44.4 Å². The van der Waals surface area contributed by atoms with Gasteiger partial charge in [-0.25, -0.2) is 0 Å². The van der Waals surface area contributed by atoms with Crippen molar-refractivity contribution in [3.05, 3.63) is 0 Å². The van der Waals surface area contributed by atoms with E-state index in [1.165, 1.54) is 77.0 Å². The summed E-state index contributed by atoms with van der Waals surface area (Å²) in [7, 11) is 0. The van der Waals surface area contributed by atoms with E-state index < -0.39 is 74.1 Å². The molecule has 0 aromatic carbocycles. The summed E-state index contributed by atoms with van der Waals surface area (Å²) in [6.07, 6.45) is 18.0. The largest absolute Gasteiger partial charge is 0.481 e. The molecule has 7 N–H and O–H groups in total. The normalized spacial score (nSPS) is 13.3. The maximum atomic E-state index is 13.0. The van der Waals surface area contributed by atoms with E-state index in [1.807, 2.05) is 0 Å². The van der Waals surface area contributed by atoms with Gasteiger partial charge in [0.15, 0.2) is 0 Å². The van der Waals surface area contributed by atoms with Crippen molar-refractivity contribution in [2.75, 3.05) is 26.2 Å². The molecule has 45 heavy (non-hydrogen) atoms. The number of unbranched alkanes of at least 4 members (excludes halogenated alkanes) is 15. The van der Waals surface area contributed by atoms with Crippen molar-refractivity contribution in [3.63, 3.8) is 0 Å². The molecule has 0 saturated carbocycles. The van der Waals surface area contributed by atoms with Gasteiger partial charge in [0.25, 0.3) is 0 Å². The van der Waals surface area contributed by atoms with Gasteiger partial charge >= 0.3 is 23.9 Å². The van der Waals surface area contributed by atoms with E-state index in [0.29, 0.717) is 6.54 Å². The maximum absolute atomic E-state index is 13.0. The van der Waals surface area contributed by atoms with Gasteiger partial charge in [0.1, 0.15) is 0 Å². The van der Waals surface area contributed by atoms with Gasteiger partial charge in [0.2, 0.25) is 5.91 Å². The van der Waals surface area contributed by atoms with Crippen LogP contribution in [-0.2, 0) is 24.0 Å². The van der Waals surface area contributed by atoms with Gasteiger partial charge < -0.3 is 31.1 Å². The second-order valence-electron chi connectivity index (χ2n) is 11.8. The molecule has 0 spiro atoms. The lowest BCUT2D eigenvalue weighted by Crippen LogP contribution is -2.64. The number of carbonyl (C=O) groups is 5. The van der Waals surface area contributed by atoms with Crippen LogP contribution in [0.4, 0.5) is 0 Å². The third-order valence-electron chi connectivity index (χ3n) is 7.80. The molecule has 0 heterocycles. The lowest BCUT2D eigenvalue weighted by Gasteiger charge is -2.38. The highest BCUT2D eigenvalue weighted by Crippen LogP contribution is 2.14. The highest BCUT2D eigenvalue weighted by Gasteiger charge is 2.34. The summed E-state index contributed by atoms with van der Waals surface area (Å²) >= 11 is 0. The summed E-state index contributed by atoms with van der Waals surface area (Å²) in [5, 5.41) is 45.6. The minimum absolute atomic E-state index is 0.237. The third-order valence-corrected chi connectivity index (χ3v) is 7.80. The number of amides is 1. The van der Waals surface area contributed by atoms with E-state index in [9.17, 15) is 39.3 Å².